The monoisotopic (exact) mass is 513 g/mol. The van der Waals surface area contributed by atoms with E-state index in [4.69, 9.17) is 14.2 Å². The SMILES string of the molecule is COc1cc(/C=C2\SC(=O)N(CC(=O)N3CCOCC3)C2=O)c([N+](=O)[O-])cc1OCc1ccccc1. The predicted molar refractivity (Wildman–Crippen MR) is 130 cm³/mol. The summed E-state index contributed by atoms with van der Waals surface area (Å²) in [6, 6.07) is 11.9. The molecular weight excluding hydrogens is 490 g/mol. The molecule has 0 aromatic heterocycles. The van der Waals surface area contributed by atoms with Crippen LogP contribution in [0.1, 0.15) is 11.1 Å². The second-order valence-corrected chi connectivity index (χ2v) is 8.85. The van der Waals surface area contributed by atoms with Gasteiger partial charge in [-0.25, -0.2) is 0 Å². The van der Waals surface area contributed by atoms with Crippen molar-refractivity contribution >= 4 is 40.6 Å². The smallest absolute Gasteiger partial charge is 0.294 e. The van der Waals surface area contributed by atoms with E-state index in [0.29, 0.717) is 38.1 Å². The highest BCUT2D eigenvalue weighted by Crippen LogP contribution is 2.39. The fourth-order valence-corrected chi connectivity index (χ4v) is 4.50. The zero-order valence-electron chi connectivity index (χ0n) is 19.4. The average Bonchev–Trinajstić information content (AvgIpc) is 3.15. The number of amides is 3. The van der Waals surface area contributed by atoms with Crippen molar-refractivity contribution in [2.45, 2.75) is 6.61 Å². The molecule has 0 saturated carbocycles. The Balaban J connectivity index is 1.56. The quantitative estimate of drug-likeness (QED) is 0.297. The van der Waals surface area contributed by atoms with E-state index in [9.17, 15) is 24.5 Å². The number of hydrogen-bond acceptors (Lipinski definition) is 9. The Morgan fingerprint density at radius 3 is 2.56 bits per heavy atom. The third kappa shape index (κ3) is 5.66. The molecule has 4 rings (SSSR count). The first kappa shape index (κ1) is 25.2. The molecule has 0 aliphatic carbocycles. The molecule has 3 amide bonds. The van der Waals surface area contributed by atoms with Gasteiger partial charge in [-0.3, -0.25) is 29.4 Å². The van der Waals surface area contributed by atoms with E-state index in [0.717, 1.165) is 10.5 Å². The predicted octanol–water partition coefficient (Wildman–Crippen LogP) is 3.08. The zero-order chi connectivity index (χ0) is 25.7. The molecule has 2 aromatic rings. The molecule has 2 aromatic carbocycles. The summed E-state index contributed by atoms with van der Waals surface area (Å²) in [6.45, 7) is 1.32. The van der Waals surface area contributed by atoms with E-state index in [-0.39, 0.29) is 40.2 Å². The molecular formula is C24H23N3O8S. The second kappa shape index (κ2) is 11.2. The number of nitrogens with zero attached hydrogens (tertiary/aromatic N) is 3. The van der Waals surface area contributed by atoms with E-state index in [2.05, 4.69) is 0 Å². The Bertz CT molecular complexity index is 1210. The molecule has 0 spiro atoms. The first-order valence-corrected chi connectivity index (χ1v) is 11.8. The summed E-state index contributed by atoms with van der Waals surface area (Å²) in [5.41, 5.74) is 0.607. The number of benzene rings is 2. The van der Waals surface area contributed by atoms with Gasteiger partial charge in [0.1, 0.15) is 13.2 Å². The molecule has 2 fully saturated rings. The number of rotatable bonds is 8. The highest BCUT2D eigenvalue weighted by molar-refractivity contribution is 8.18. The van der Waals surface area contributed by atoms with Crippen molar-refractivity contribution in [3.05, 3.63) is 68.6 Å². The number of ether oxygens (including phenoxy) is 3. The minimum atomic E-state index is -0.690. The minimum absolute atomic E-state index is 0.0297. The van der Waals surface area contributed by atoms with Crippen LogP contribution < -0.4 is 9.47 Å². The molecule has 188 valence electrons. The molecule has 2 aliphatic heterocycles. The highest BCUT2D eigenvalue weighted by atomic mass is 32.2. The Morgan fingerprint density at radius 2 is 1.89 bits per heavy atom. The first-order chi connectivity index (χ1) is 17.4. The maximum atomic E-state index is 12.9. The van der Waals surface area contributed by atoms with Gasteiger partial charge in [-0.2, -0.15) is 0 Å². The van der Waals surface area contributed by atoms with Crippen molar-refractivity contribution in [3.63, 3.8) is 0 Å². The van der Waals surface area contributed by atoms with Crippen molar-refractivity contribution in [3.8, 4) is 11.5 Å². The van der Waals surface area contributed by atoms with Crippen LogP contribution in [0.4, 0.5) is 10.5 Å². The van der Waals surface area contributed by atoms with Crippen LogP contribution in [0.2, 0.25) is 0 Å². The Morgan fingerprint density at radius 1 is 1.17 bits per heavy atom. The summed E-state index contributed by atoms with van der Waals surface area (Å²) >= 11 is 0.619. The first-order valence-electron chi connectivity index (χ1n) is 11.0. The molecule has 11 nitrogen and oxygen atoms in total. The lowest BCUT2D eigenvalue weighted by Gasteiger charge is -2.28. The third-order valence-corrected chi connectivity index (χ3v) is 6.47. The van der Waals surface area contributed by atoms with Crippen LogP contribution in [0.5, 0.6) is 11.5 Å². The van der Waals surface area contributed by atoms with Crippen LogP contribution in [-0.4, -0.2) is 71.7 Å². The Labute approximate surface area is 210 Å². The molecule has 2 heterocycles. The van der Waals surface area contributed by atoms with E-state index in [1.165, 1.54) is 30.2 Å². The lowest BCUT2D eigenvalue weighted by atomic mass is 10.1. The number of morpholine rings is 1. The molecule has 2 aliphatic rings. The number of nitro groups is 1. The van der Waals surface area contributed by atoms with E-state index in [1.54, 1.807) is 0 Å². The standard InChI is InChI=1S/C24H23N3O8S/c1-33-19-11-17(18(27(31)32)13-20(19)35-15-16-5-3-2-4-6-16)12-21-23(29)26(24(30)36-21)14-22(28)25-7-9-34-10-8-25/h2-6,11-13H,7-10,14-15H2,1H3/b21-12-. The average molecular weight is 514 g/mol. The lowest BCUT2D eigenvalue weighted by molar-refractivity contribution is -0.385. The number of hydrogen-bond donors (Lipinski definition) is 0. The van der Waals surface area contributed by atoms with Gasteiger partial charge in [-0.1, -0.05) is 30.3 Å². The van der Waals surface area contributed by atoms with Crippen LogP contribution >= 0.6 is 11.8 Å². The van der Waals surface area contributed by atoms with Crippen LogP contribution in [0.3, 0.4) is 0 Å². The van der Waals surface area contributed by atoms with Crippen molar-refractivity contribution in [1.82, 2.24) is 9.80 Å². The number of methoxy groups -OCH3 is 1. The van der Waals surface area contributed by atoms with Crippen LogP contribution in [0.25, 0.3) is 6.08 Å². The summed E-state index contributed by atoms with van der Waals surface area (Å²) in [6.07, 6.45) is 1.26. The van der Waals surface area contributed by atoms with Gasteiger partial charge in [-0.05, 0) is 29.5 Å². The number of thioether (sulfide) groups is 1. The topological polar surface area (TPSA) is 129 Å². The highest BCUT2D eigenvalue weighted by Gasteiger charge is 2.38. The van der Waals surface area contributed by atoms with Gasteiger partial charge in [0.15, 0.2) is 11.5 Å². The summed E-state index contributed by atoms with van der Waals surface area (Å²) in [7, 11) is 1.39. The molecule has 0 atom stereocenters. The van der Waals surface area contributed by atoms with E-state index >= 15 is 0 Å². The Hall–Kier alpha value is -3.90. The van der Waals surface area contributed by atoms with E-state index < -0.39 is 22.6 Å². The summed E-state index contributed by atoms with van der Waals surface area (Å²) < 4.78 is 16.3. The molecule has 2 saturated heterocycles. The van der Waals surface area contributed by atoms with Gasteiger partial charge in [-0.15, -0.1) is 0 Å². The Kier molecular flexibility index (Phi) is 7.86. The normalized spacial score (nSPS) is 17.0. The largest absolute Gasteiger partial charge is 0.493 e. The van der Waals surface area contributed by atoms with E-state index in [1.807, 2.05) is 30.3 Å². The molecule has 0 N–H and O–H groups in total. The number of carbonyl (C=O) groups excluding carboxylic acids is 3. The van der Waals surface area contributed by atoms with Gasteiger partial charge in [0.2, 0.25) is 5.91 Å². The summed E-state index contributed by atoms with van der Waals surface area (Å²) in [5.74, 6) is -0.669. The van der Waals surface area contributed by atoms with Gasteiger partial charge < -0.3 is 19.1 Å². The van der Waals surface area contributed by atoms with Crippen molar-refractivity contribution < 1.29 is 33.5 Å². The summed E-state index contributed by atoms with van der Waals surface area (Å²) in [5, 5.41) is 11.2. The van der Waals surface area contributed by atoms with Crippen LogP contribution in [-0.2, 0) is 20.9 Å². The van der Waals surface area contributed by atoms with Crippen LogP contribution in [0, 0.1) is 10.1 Å². The van der Waals surface area contributed by atoms with Gasteiger partial charge >= 0.3 is 0 Å². The minimum Gasteiger partial charge on any atom is -0.493 e. The maximum Gasteiger partial charge on any atom is 0.294 e. The summed E-state index contributed by atoms with van der Waals surface area (Å²) in [4.78, 5) is 51.4. The van der Waals surface area contributed by atoms with Gasteiger partial charge in [0.05, 0.1) is 41.8 Å². The second-order valence-electron chi connectivity index (χ2n) is 7.85. The van der Waals surface area contributed by atoms with Crippen LogP contribution in [0.15, 0.2) is 47.4 Å². The molecule has 0 radical (unpaired) electrons. The van der Waals surface area contributed by atoms with Crippen molar-refractivity contribution in [1.29, 1.82) is 0 Å². The van der Waals surface area contributed by atoms with Crippen molar-refractivity contribution in [2.24, 2.45) is 0 Å². The lowest BCUT2D eigenvalue weighted by Crippen LogP contribution is -2.46. The number of carbonyl (C=O) groups is 3. The zero-order valence-corrected chi connectivity index (χ0v) is 20.2. The number of imide groups is 1. The molecule has 36 heavy (non-hydrogen) atoms. The van der Waals surface area contributed by atoms with Gasteiger partial charge in [0, 0.05) is 13.1 Å². The molecule has 12 heteroatoms. The molecule has 0 bridgehead atoms. The third-order valence-electron chi connectivity index (χ3n) is 5.56. The fraction of sp³-hybridized carbons (Fsp3) is 0.292. The fourth-order valence-electron chi connectivity index (χ4n) is 3.67. The van der Waals surface area contributed by atoms with Gasteiger partial charge in [0.25, 0.3) is 16.8 Å². The molecule has 0 unspecified atom stereocenters. The number of nitro benzene ring substituents is 1. The van der Waals surface area contributed by atoms with Crippen molar-refractivity contribution in [2.75, 3.05) is 40.0 Å². The maximum absolute atomic E-state index is 12.9.